The number of nitrogens with zero attached hydrogens (tertiary/aromatic N) is 2. The Hall–Kier alpha value is -2.08. The van der Waals surface area contributed by atoms with Crippen LogP contribution in [-0.2, 0) is 0 Å². The fourth-order valence-electron chi connectivity index (χ4n) is 3.14. The number of benzene rings is 1. The summed E-state index contributed by atoms with van der Waals surface area (Å²) in [7, 11) is 1.83. The van der Waals surface area contributed by atoms with Gasteiger partial charge in [0.05, 0.1) is 11.3 Å². The van der Waals surface area contributed by atoms with Crippen LogP contribution in [0.2, 0.25) is 0 Å². The van der Waals surface area contributed by atoms with Gasteiger partial charge in [-0.15, -0.1) is 0 Å². The van der Waals surface area contributed by atoms with Gasteiger partial charge in [-0.3, -0.25) is 4.79 Å². The normalized spacial score (nSPS) is 15.3. The minimum absolute atomic E-state index is 0.0702. The monoisotopic (exact) mass is 359 g/mol. The summed E-state index contributed by atoms with van der Waals surface area (Å²) in [5.74, 6) is 1.03. The van der Waals surface area contributed by atoms with Gasteiger partial charge in [-0.05, 0) is 49.5 Å². The molecule has 1 aromatic carbocycles. The lowest BCUT2D eigenvalue weighted by atomic mass is 10.1. The van der Waals surface area contributed by atoms with E-state index < -0.39 is 0 Å². The fourth-order valence-corrected chi connectivity index (χ4v) is 3.88. The zero-order valence-electron chi connectivity index (χ0n) is 15.3. The van der Waals surface area contributed by atoms with E-state index in [2.05, 4.69) is 41.7 Å². The average molecular weight is 359 g/mol. The molecule has 25 heavy (non-hydrogen) atoms. The Labute approximate surface area is 153 Å². The van der Waals surface area contributed by atoms with E-state index in [1.165, 1.54) is 17.1 Å². The van der Waals surface area contributed by atoms with Gasteiger partial charge in [0, 0.05) is 33.0 Å². The van der Waals surface area contributed by atoms with Gasteiger partial charge < -0.3 is 15.0 Å². The van der Waals surface area contributed by atoms with Crippen LogP contribution < -0.4 is 10.1 Å². The number of aryl methyl sites for hydroxylation is 3. The van der Waals surface area contributed by atoms with Gasteiger partial charge in [0.25, 0.3) is 5.91 Å². The highest BCUT2D eigenvalue weighted by molar-refractivity contribution is 7.10. The van der Waals surface area contributed by atoms with Crippen molar-refractivity contribution in [2.45, 2.75) is 39.7 Å². The van der Waals surface area contributed by atoms with Crippen molar-refractivity contribution >= 4 is 22.4 Å². The third-order valence-corrected chi connectivity index (χ3v) is 5.63. The van der Waals surface area contributed by atoms with Gasteiger partial charge in [0.2, 0.25) is 0 Å². The third-order valence-electron chi connectivity index (χ3n) is 4.67. The number of piperidine rings is 1. The number of ether oxygens (including phenoxy) is 1. The van der Waals surface area contributed by atoms with Crippen molar-refractivity contribution in [3.8, 4) is 5.75 Å². The second kappa shape index (κ2) is 7.44. The number of carbonyl (C=O) groups is 1. The summed E-state index contributed by atoms with van der Waals surface area (Å²) < 4.78 is 10.5. The SMILES string of the molecule is CNc1snc(C)c1C(=O)N1CCC(Oc2cc(C)ccc2C)CC1. The Morgan fingerprint density at radius 1 is 1.28 bits per heavy atom. The van der Waals surface area contributed by atoms with Gasteiger partial charge in [-0.2, -0.15) is 4.37 Å². The molecule has 3 rings (SSSR count). The largest absolute Gasteiger partial charge is 0.490 e. The molecule has 5 nitrogen and oxygen atoms in total. The molecule has 0 saturated carbocycles. The molecular formula is C19H25N3O2S. The lowest BCUT2D eigenvalue weighted by Crippen LogP contribution is -2.42. The lowest BCUT2D eigenvalue weighted by Gasteiger charge is -2.32. The van der Waals surface area contributed by atoms with E-state index in [1.54, 1.807) is 0 Å². The topological polar surface area (TPSA) is 54.5 Å². The van der Waals surface area contributed by atoms with Crippen molar-refractivity contribution in [3.63, 3.8) is 0 Å². The molecule has 1 aliphatic heterocycles. The molecule has 1 aromatic heterocycles. The highest BCUT2D eigenvalue weighted by Gasteiger charge is 2.28. The van der Waals surface area contributed by atoms with Crippen LogP contribution in [0.25, 0.3) is 0 Å². The summed E-state index contributed by atoms with van der Waals surface area (Å²) in [6.45, 7) is 7.46. The van der Waals surface area contributed by atoms with Crippen LogP contribution in [0.1, 0.15) is 40.0 Å². The van der Waals surface area contributed by atoms with E-state index >= 15 is 0 Å². The van der Waals surface area contributed by atoms with Gasteiger partial charge in [0.15, 0.2) is 0 Å². The maximum absolute atomic E-state index is 12.8. The molecule has 0 bridgehead atoms. The number of likely N-dealkylation sites (tertiary alicyclic amines) is 1. The third kappa shape index (κ3) is 3.79. The van der Waals surface area contributed by atoms with Gasteiger partial charge in [0.1, 0.15) is 16.9 Å². The summed E-state index contributed by atoms with van der Waals surface area (Å²) in [5, 5.41) is 3.92. The van der Waals surface area contributed by atoms with Crippen molar-refractivity contribution in [2.75, 3.05) is 25.5 Å². The quantitative estimate of drug-likeness (QED) is 0.902. The molecule has 1 N–H and O–H groups in total. The molecule has 2 heterocycles. The Bertz CT molecular complexity index is 764. The summed E-state index contributed by atoms with van der Waals surface area (Å²) in [5.41, 5.74) is 3.87. The van der Waals surface area contributed by atoms with E-state index in [0.717, 1.165) is 34.8 Å². The Morgan fingerprint density at radius 2 is 2.00 bits per heavy atom. The second-order valence-corrected chi connectivity index (χ2v) is 7.37. The first kappa shape index (κ1) is 17.7. The number of aromatic nitrogens is 1. The molecule has 1 amide bonds. The summed E-state index contributed by atoms with van der Waals surface area (Å²) in [6, 6.07) is 6.28. The van der Waals surface area contributed by atoms with E-state index in [9.17, 15) is 4.79 Å². The number of amides is 1. The van der Waals surface area contributed by atoms with Gasteiger partial charge in [-0.25, -0.2) is 0 Å². The molecule has 0 aliphatic carbocycles. The minimum Gasteiger partial charge on any atom is -0.490 e. The van der Waals surface area contributed by atoms with Crippen molar-refractivity contribution in [2.24, 2.45) is 0 Å². The first-order valence-electron chi connectivity index (χ1n) is 8.66. The van der Waals surface area contributed by atoms with Gasteiger partial charge >= 0.3 is 0 Å². The fraction of sp³-hybridized carbons (Fsp3) is 0.474. The van der Waals surface area contributed by atoms with Crippen molar-refractivity contribution < 1.29 is 9.53 Å². The molecule has 0 unspecified atom stereocenters. The molecule has 0 radical (unpaired) electrons. The molecular weight excluding hydrogens is 334 g/mol. The average Bonchev–Trinajstić information content (AvgIpc) is 2.99. The number of hydrogen-bond acceptors (Lipinski definition) is 5. The molecule has 1 fully saturated rings. The number of hydrogen-bond donors (Lipinski definition) is 1. The Kier molecular flexibility index (Phi) is 5.27. The molecule has 0 spiro atoms. The first-order valence-corrected chi connectivity index (χ1v) is 9.44. The lowest BCUT2D eigenvalue weighted by molar-refractivity contribution is 0.0594. The standard InChI is InChI=1S/C19H25N3O2S/c1-12-5-6-13(2)16(11-12)24-15-7-9-22(10-8-15)19(23)17-14(3)21-25-18(17)20-4/h5-6,11,15,20H,7-10H2,1-4H3. The Morgan fingerprint density at radius 3 is 2.68 bits per heavy atom. The molecule has 0 atom stereocenters. The summed E-state index contributed by atoms with van der Waals surface area (Å²) >= 11 is 1.34. The molecule has 2 aromatic rings. The van der Waals surface area contributed by atoms with Crippen molar-refractivity contribution in [3.05, 3.63) is 40.6 Å². The van der Waals surface area contributed by atoms with Crippen LogP contribution >= 0.6 is 11.5 Å². The van der Waals surface area contributed by atoms with Crippen molar-refractivity contribution in [1.82, 2.24) is 9.27 Å². The number of carbonyl (C=O) groups excluding carboxylic acids is 1. The van der Waals surface area contributed by atoms with Crippen LogP contribution in [0.15, 0.2) is 18.2 Å². The number of rotatable bonds is 4. The van der Waals surface area contributed by atoms with E-state index in [0.29, 0.717) is 18.7 Å². The summed E-state index contributed by atoms with van der Waals surface area (Å²) in [6.07, 6.45) is 1.87. The molecule has 6 heteroatoms. The predicted molar refractivity (Wildman–Crippen MR) is 102 cm³/mol. The first-order chi connectivity index (χ1) is 12.0. The molecule has 1 aliphatic rings. The van der Waals surface area contributed by atoms with Crippen LogP contribution in [-0.4, -0.2) is 41.4 Å². The Balaban J connectivity index is 1.63. The smallest absolute Gasteiger partial charge is 0.258 e. The van der Waals surface area contributed by atoms with E-state index in [4.69, 9.17) is 4.74 Å². The highest BCUT2D eigenvalue weighted by Crippen LogP contribution is 2.28. The van der Waals surface area contributed by atoms with Crippen LogP contribution in [0.3, 0.4) is 0 Å². The zero-order valence-corrected chi connectivity index (χ0v) is 16.1. The molecule has 1 saturated heterocycles. The maximum atomic E-state index is 12.8. The number of anilines is 1. The van der Waals surface area contributed by atoms with Crippen LogP contribution in [0.4, 0.5) is 5.00 Å². The predicted octanol–water partition coefficient (Wildman–Crippen LogP) is 3.79. The van der Waals surface area contributed by atoms with Gasteiger partial charge in [-0.1, -0.05) is 12.1 Å². The van der Waals surface area contributed by atoms with Crippen LogP contribution in [0.5, 0.6) is 5.75 Å². The van der Waals surface area contributed by atoms with Crippen molar-refractivity contribution in [1.29, 1.82) is 0 Å². The van der Waals surface area contributed by atoms with E-state index in [1.807, 2.05) is 18.9 Å². The zero-order chi connectivity index (χ0) is 18.0. The van der Waals surface area contributed by atoms with E-state index in [-0.39, 0.29) is 12.0 Å². The minimum atomic E-state index is 0.0702. The molecule has 134 valence electrons. The highest BCUT2D eigenvalue weighted by atomic mass is 32.1. The van der Waals surface area contributed by atoms with Crippen LogP contribution in [0, 0.1) is 20.8 Å². The maximum Gasteiger partial charge on any atom is 0.258 e. The number of nitrogens with one attached hydrogen (secondary N) is 1. The summed E-state index contributed by atoms with van der Waals surface area (Å²) in [4.78, 5) is 14.8. The second-order valence-electron chi connectivity index (χ2n) is 6.60.